The number of ether oxygens (including phenoxy) is 1. The van der Waals surface area contributed by atoms with E-state index < -0.39 is 6.04 Å². The number of aromatic nitrogens is 4. The summed E-state index contributed by atoms with van der Waals surface area (Å²) in [7, 11) is 1.76. The van der Waals surface area contributed by atoms with Crippen LogP contribution >= 0.6 is 11.6 Å². The molecule has 0 bridgehead atoms. The minimum atomic E-state index is -0.600. The molecule has 2 aliphatic rings. The van der Waals surface area contributed by atoms with Crippen molar-refractivity contribution in [2.45, 2.75) is 31.5 Å². The van der Waals surface area contributed by atoms with Crippen LogP contribution in [0, 0.1) is 0 Å². The SMILES string of the molecule is Cn1cc(C(CO)NC(=O)CN2Cc3ccc(-c4nc(NC5CCOCC5)ncc4Cl)cc3C2=O)cn1. The van der Waals surface area contributed by atoms with Gasteiger partial charge in [-0.25, -0.2) is 9.97 Å². The maximum absolute atomic E-state index is 13.2. The van der Waals surface area contributed by atoms with Crippen molar-refractivity contribution >= 4 is 29.4 Å². The Morgan fingerprint density at radius 3 is 2.84 bits per heavy atom. The summed E-state index contributed by atoms with van der Waals surface area (Å²) < 4.78 is 7.00. The number of fused-ring (bicyclic) bond motifs is 1. The predicted molar refractivity (Wildman–Crippen MR) is 136 cm³/mol. The Labute approximate surface area is 218 Å². The number of nitrogens with one attached hydrogen (secondary N) is 2. The first-order chi connectivity index (χ1) is 17.9. The maximum Gasteiger partial charge on any atom is 0.254 e. The van der Waals surface area contributed by atoms with E-state index in [0.29, 0.717) is 53.1 Å². The topological polar surface area (TPSA) is 134 Å². The van der Waals surface area contributed by atoms with E-state index in [0.717, 1.165) is 18.4 Å². The zero-order valence-corrected chi connectivity index (χ0v) is 21.1. The highest BCUT2D eigenvalue weighted by molar-refractivity contribution is 6.33. The van der Waals surface area contributed by atoms with E-state index in [9.17, 15) is 14.7 Å². The van der Waals surface area contributed by atoms with Crippen LogP contribution in [-0.4, -0.2) is 74.0 Å². The number of hydrogen-bond donors (Lipinski definition) is 3. The number of aliphatic hydroxyl groups is 1. The van der Waals surface area contributed by atoms with Gasteiger partial charge in [-0.2, -0.15) is 5.10 Å². The average Bonchev–Trinajstić information content (AvgIpc) is 3.47. The number of benzene rings is 1. The summed E-state index contributed by atoms with van der Waals surface area (Å²) in [5, 5.41) is 20.3. The molecular weight excluding hydrogens is 498 g/mol. The summed E-state index contributed by atoms with van der Waals surface area (Å²) in [4.78, 5) is 36.2. The summed E-state index contributed by atoms with van der Waals surface area (Å²) in [6, 6.07) is 5.11. The summed E-state index contributed by atoms with van der Waals surface area (Å²) in [6.07, 6.45) is 6.61. The van der Waals surface area contributed by atoms with Crippen molar-refractivity contribution in [3.63, 3.8) is 0 Å². The molecule has 1 fully saturated rings. The highest BCUT2D eigenvalue weighted by atomic mass is 35.5. The summed E-state index contributed by atoms with van der Waals surface area (Å²) in [5.41, 5.74) is 3.23. The Kier molecular flexibility index (Phi) is 7.36. The predicted octanol–water partition coefficient (Wildman–Crippen LogP) is 1.93. The molecule has 1 saturated heterocycles. The van der Waals surface area contributed by atoms with Crippen molar-refractivity contribution in [2.75, 3.05) is 31.7 Å². The van der Waals surface area contributed by atoms with Crippen molar-refractivity contribution in [1.29, 1.82) is 0 Å². The van der Waals surface area contributed by atoms with Crippen LogP contribution in [0.4, 0.5) is 5.95 Å². The molecule has 37 heavy (non-hydrogen) atoms. The lowest BCUT2D eigenvalue weighted by Crippen LogP contribution is -2.39. The van der Waals surface area contributed by atoms with Crippen LogP contribution < -0.4 is 10.6 Å². The smallest absolute Gasteiger partial charge is 0.254 e. The first-order valence-corrected chi connectivity index (χ1v) is 12.5. The average molecular weight is 526 g/mol. The third kappa shape index (κ3) is 5.58. The van der Waals surface area contributed by atoms with Gasteiger partial charge >= 0.3 is 0 Å². The Morgan fingerprint density at radius 2 is 2.11 bits per heavy atom. The van der Waals surface area contributed by atoms with E-state index in [2.05, 4.69) is 25.7 Å². The fraction of sp³-hybridized carbons (Fsp3) is 0.400. The number of anilines is 1. The van der Waals surface area contributed by atoms with Crippen LogP contribution in [0.2, 0.25) is 5.02 Å². The molecule has 3 N–H and O–H groups in total. The molecule has 5 rings (SSSR count). The monoisotopic (exact) mass is 525 g/mol. The van der Waals surface area contributed by atoms with E-state index in [1.807, 2.05) is 12.1 Å². The van der Waals surface area contributed by atoms with Crippen molar-refractivity contribution < 1.29 is 19.4 Å². The minimum absolute atomic E-state index is 0.132. The standard InChI is InChI=1S/C25H28ClN7O4/c1-32-11-17(9-28-32)21(14-34)30-22(35)13-33-12-16-3-2-15(8-19(16)24(33)36)23-20(26)10-27-25(31-23)29-18-4-6-37-7-5-18/h2-3,8-11,18,21,34H,4-7,12-14H2,1H3,(H,30,35)(H,27,29,31). The van der Waals surface area contributed by atoms with Crippen LogP contribution in [0.1, 0.15) is 40.4 Å². The summed E-state index contributed by atoms with van der Waals surface area (Å²) in [5.74, 6) is -0.143. The maximum atomic E-state index is 13.2. The fourth-order valence-electron chi connectivity index (χ4n) is 4.57. The fourth-order valence-corrected chi connectivity index (χ4v) is 4.77. The van der Waals surface area contributed by atoms with Crippen molar-refractivity contribution in [3.8, 4) is 11.3 Å². The van der Waals surface area contributed by atoms with Gasteiger partial charge in [-0.15, -0.1) is 0 Å². The van der Waals surface area contributed by atoms with Crippen LogP contribution in [0.3, 0.4) is 0 Å². The van der Waals surface area contributed by atoms with Crippen molar-refractivity contribution in [2.24, 2.45) is 7.05 Å². The van der Waals surface area contributed by atoms with Crippen molar-refractivity contribution in [1.82, 2.24) is 30.0 Å². The summed E-state index contributed by atoms with van der Waals surface area (Å²) in [6.45, 7) is 1.30. The normalized spacial score (nSPS) is 16.5. The Morgan fingerprint density at radius 1 is 1.30 bits per heavy atom. The van der Waals surface area contributed by atoms with E-state index in [1.165, 1.54) is 4.90 Å². The molecule has 12 heteroatoms. The lowest BCUT2D eigenvalue weighted by molar-refractivity contribution is -0.122. The number of carbonyl (C=O) groups excluding carboxylic acids is 2. The van der Waals surface area contributed by atoms with Gasteiger partial charge in [0.15, 0.2) is 0 Å². The number of aliphatic hydroxyl groups excluding tert-OH is 1. The molecule has 0 radical (unpaired) electrons. The molecule has 2 aromatic heterocycles. The number of aryl methyl sites for hydroxylation is 1. The molecule has 1 unspecified atom stereocenters. The quantitative estimate of drug-likeness (QED) is 0.406. The second-order valence-corrected chi connectivity index (χ2v) is 9.61. The molecule has 3 aromatic rings. The van der Waals surface area contributed by atoms with Gasteiger partial charge in [-0.05, 0) is 24.5 Å². The minimum Gasteiger partial charge on any atom is -0.394 e. The van der Waals surface area contributed by atoms with Crippen LogP contribution in [0.25, 0.3) is 11.3 Å². The highest BCUT2D eigenvalue weighted by Gasteiger charge is 2.30. The van der Waals surface area contributed by atoms with Gasteiger partial charge in [-0.3, -0.25) is 14.3 Å². The molecular formula is C25H28ClN7O4. The Balaban J connectivity index is 1.28. The van der Waals surface area contributed by atoms with Gasteiger partial charge in [-0.1, -0.05) is 23.7 Å². The molecule has 4 heterocycles. The Bertz CT molecular complexity index is 1310. The van der Waals surface area contributed by atoms with E-state index >= 15 is 0 Å². The zero-order valence-electron chi connectivity index (χ0n) is 20.4. The first-order valence-electron chi connectivity index (χ1n) is 12.1. The largest absolute Gasteiger partial charge is 0.394 e. The lowest BCUT2D eigenvalue weighted by Gasteiger charge is -2.23. The zero-order chi connectivity index (χ0) is 25.9. The number of carbonyl (C=O) groups is 2. The molecule has 1 aromatic carbocycles. The Hall–Kier alpha value is -3.54. The van der Waals surface area contributed by atoms with Crippen LogP contribution in [-0.2, 0) is 23.1 Å². The molecule has 0 aliphatic carbocycles. The van der Waals surface area contributed by atoms with E-state index in [4.69, 9.17) is 16.3 Å². The molecule has 11 nitrogen and oxygen atoms in total. The van der Waals surface area contributed by atoms with Gasteiger partial charge in [0.1, 0.15) is 6.54 Å². The van der Waals surface area contributed by atoms with Crippen molar-refractivity contribution in [3.05, 3.63) is 58.5 Å². The number of amides is 2. The number of hydrogen-bond acceptors (Lipinski definition) is 8. The molecule has 0 spiro atoms. The number of nitrogens with zero attached hydrogens (tertiary/aromatic N) is 5. The van der Waals surface area contributed by atoms with Gasteiger partial charge in [0, 0.05) is 55.7 Å². The molecule has 2 amide bonds. The van der Waals surface area contributed by atoms with Crippen LogP contribution in [0.5, 0.6) is 0 Å². The van der Waals surface area contributed by atoms with Gasteiger partial charge in [0.05, 0.1) is 35.8 Å². The lowest BCUT2D eigenvalue weighted by atomic mass is 10.0. The molecule has 2 aliphatic heterocycles. The first kappa shape index (κ1) is 25.1. The number of rotatable bonds is 8. The van der Waals surface area contributed by atoms with Gasteiger partial charge < -0.3 is 25.4 Å². The number of halogens is 1. The second kappa shape index (κ2) is 10.8. The van der Waals surface area contributed by atoms with E-state index in [-0.39, 0.29) is 31.0 Å². The third-order valence-corrected chi connectivity index (χ3v) is 6.82. The third-order valence-electron chi connectivity index (χ3n) is 6.54. The van der Waals surface area contributed by atoms with Crippen LogP contribution in [0.15, 0.2) is 36.8 Å². The van der Waals surface area contributed by atoms with E-state index in [1.54, 1.807) is 36.4 Å². The highest BCUT2D eigenvalue weighted by Crippen LogP contribution is 2.31. The molecule has 0 saturated carbocycles. The second-order valence-electron chi connectivity index (χ2n) is 9.20. The molecule has 1 atom stereocenters. The molecule has 194 valence electrons. The summed E-state index contributed by atoms with van der Waals surface area (Å²) >= 11 is 6.43. The van der Waals surface area contributed by atoms with Gasteiger partial charge in [0.2, 0.25) is 11.9 Å². The van der Waals surface area contributed by atoms with Gasteiger partial charge in [0.25, 0.3) is 5.91 Å².